The lowest BCUT2D eigenvalue weighted by Gasteiger charge is -2.29. The number of imide groups is 1. The molecule has 232 valence electrons. The number of nitrogens with zero attached hydrogens (tertiary/aromatic N) is 4. The summed E-state index contributed by atoms with van der Waals surface area (Å²) >= 11 is 0. The van der Waals surface area contributed by atoms with Crippen LogP contribution >= 0.6 is 0 Å². The molecule has 0 unspecified atom stereocenters. The van der Waals surface area contributed by atoms with E-state index in [0.717, 1.165) is 60.3 Å². The fourth-order valence-corrected chi connectivity index (χ4v) is 5.66. The van der Waals surface area contributed by atoms with Crippen LogP contribution in [0.15, 0.2) is 96.8 Å². The van der Waals surface area contributed by atoms with E-state index in [2.05, 4.69) is 11.5 Å². The van der Waals surface area contributed by atoms with E-state index in [9.17, 15) is 14.4 Å². The van der Waals surface area contributed by atoms with Gasteiger partial charge in [0.05, 0.1) is 30.6 Å². The number of unbranched alkanes of at least 4 members (excludes halogenated alkanes) is 2. The van der Waals surface area contributed by atoms with Gasteiger partial charge in [-0.25, -0.2) is 14.6 Å². The van der Waals surface area contributed by atoms with Gasteiger partial charge in [0, 0.05) is 19.5 Å². The third-order valence-electron chi connectivity index (χ3n) is 8.11. The standard InChI is InChI=1S/C37H40N4O4/c1-4-6-18-33-38-25-31(40(33)26-27-19-21-30(22-20-27)36(43)45-3)24-32-35(42)39(23-7-5-2)37(44)41(32)34(28-14-10-8-11-15-28)29-16-12-9-13-17-29/h8-17,19-22,24-25,34H,4-7,18,23,26H2,1-3H3/b32-24-. The maximum atomic E-state index is 14.2. The van der Waals surface area contributed by atoms with Crippen LogP contribution in [-0.4, -0.2) is 50.9 Å². The summed E-state index contributed by atoms with van der Waals surface area (Å²) in [6.45, 7) is 5.03. The minimum Gasteiger partial charge on any atom is -0.465 e. The average molecular weight is 605 g/mol. The Hall–Kier alpha value is -4.98. The molecule has 0 atom stereocenters. The summed E-state index contributed by atoms with van der Waals surface area (Å²) in [7, 11) is 1.36. The van der Waals surface area contributed by atoms with Gasteiger partial charge in [0.15, 0.2) is 0 Å². The average Bonchev–Trinajstić information content (AvgIpc) is 3.56. The number of amides is 3. The Morgan fingerprint density at radius 2 is 1.49 bits per heavy atom. The smallest absolute Gasteiger partial charge is 0.337 e. The van der Waals surface area contributed by atoms with Gasteiger partial charge >= 0.3 is 12.0 Å². The Kier molecular flexibility index (Phi) is 10.2. The molecule has 3 aromatic carbocycles. The lowest BCUT2D eigenvalue weighted by molar-refractivity contribution is -0.123. The molecule has 1 aliphatic heterocycles. The number of hydrogen-bond donors (Lipinski definition) is 0. The van der Waals surface area contributed by atoms with Crippen molar-refractivity contribution in [3.63, 3.8) is 0 Å². The van der Waals surface area contributed by atoms with Crippen molar-refractivity contribution >= 4 is 24.0 Å². The van der Waals surface area contributed by atoms with Crippen LogP contribution in [0.3, 0.4) is 0 Å². The fourth-order valence-electron chi connectivity index (χ4n) is 5.66. The zero-order valence-electron chi connectivity index (χ0n) is 26.2. The fraction of sp³-hybridized carbons (Fsp3) is 0.297. The Balaban J connectivity index is 1.62. The van der Waals surface area contributed by atoms with Gasteiger partial charge in [-0.1, -0.05) is 99.5 Å². The van der Waals surface area contributed by atoms with Crippen molar-refractivity contribution in [3.05, 3.63) is 131 Å². The van der Waals surface area contributed by atoms with Gasteiger partial charge in [0.25, 0.3) is 5.91 Å². The van der Waals surface area contributed by atoms with Crippen LogP contribution in [0.2, 0.25) is 0 Å². The zero-order valence-corrected chi connectivity index (χ0v) is 26.2. The van der Waals surface area contributed by atoms with E-state index in [-0.39, 0.29) is 17.9 Å². The first-order chi connectivity index (χ1) is 22.0. The lowest BCUT2D eigenvalue weighted by atomic mass is 9.97. The van der Waals surface area contributed by atoms with Crippen molar-refractivity contribution in [1.82, 2.24) is 19.4 Å². The van der Waals surface area contributed by atoms with E-state index in [1.165, 1.54) is 12.0 Å². The number of carbonyl (C=O) groups excluding carboxylic acids is 3. The van der Waals surface area contributed by atoms with E-state index >= 15 is 0 Å². The molecular weight excluding hydrogens is 564 g/mol. The third kappa shape index (κ3) is 6.90. The number of methoxy groups -OCH3 is 1. The van der Waals surface area contributed by atoms with E-state index in [1.807, 2.05) is 85.8 Å². The van der Waals surface area contributed by atoms with Crippen molar-refractivity contribution < 1.29 is 19.1 Å². The lowest BCUT2D eigenvalue weighted by Crippen LogP contribution is -2.36. The highest BCUT2D eigenvalue weighted by atomic mass is 16.5. The molecule has 45 heavy (non-hydrogen) atoms. The van der Waals surface area contributed by atoms with Gasteiger partial charge in [-0.15, -0.1) is 0 Å². The maximum Gasteiger partial charge on any atom is 0.337 e. The third-order valence-corrected chi connectivity index (χ3v) is 8.11. The van der Waals surface area contributed by atoms with Crippen LogP contribution in [0.1, 0.15) is 84.1 Å². The first-order valence-corrected chi connectivity index (χ1v) is 15.6. The van der Waals surface area contributed by atoms with Gasteiger partial charge in [-0.05, 0) is 47.7 Å². The predicted molar refractivity (Wildman–Crippen MR) is 174 cm³/mol. The quantitative estimate of drug-likeness (QED) is 0.0912. The minimum absolute atomic E-state index is 0.310. The summed E-state index contributed by atoms with van der Waals surface area (Å²) in [5, 5.41) is 0. The summed E-state index contributed by atoms with van der Waals surface area (Å²) < 4.78 is 6.95. The summed E-state index contributed by atoms with van der Waals surface area (Å²) in [6, 6.07) is 26.1. The SMILES string of the molecule is CCCCc1ncc(/C=C2/C(=O)N(CCCC)C(=O)N2C(c2ccccc2)c2ccccc2)n1Cc1ccc(C(=O)OC)cc1. The first-order valence-electron chi connectivity index (χ1n) is 15.6. The van der Waals surface area contributed by atoms with Crippen molar-refractivity contribution in [2.75, 3.05) is 13.7 Å². The normalized spacial score (nSPS) is 14.2. The molecule has 8 nitrogen and oxygen atoms in total. The highest BCUT2D eigenvalue weighted by molar-refractivity contribution is 6.14. The molecular formula is C37H40N4O4. The van der Waals surface area contributed by atoms with E-state index in [0.29, 0.717) is 24.4 Å². The van der Waals surface area contributed by atoms with E-state index in [1.54, 1.807) is 23.2 Å². The molecule has 1 saturated heterocycles. The molecule has 2 heterocycles. The minimum atomic E-state index is -0.497. The van der Waals surface area contributed by atoms with Crippen LogP contribution in [0.4, 0.5) is 4.79 Å². The van der Waals surface area contributed by atoms with Gasteiger partial charge in [-0.2, -0.15) is 0 Å². The highest BCUT2D eigenvalue weighted by Gasteiger charge is 2.45. The molecule has 0 bridgehead atoms. The van der Waals surface area contributed by atoms with Crippen LogP contribution in [0, 0.1) is 0 Å². The second kappa shape index (κ2) is 14.7. The number of imidazole rings is 1. The van der Waals surface area contributed by atoms with Crippen LogP contribution in [0.25, 0.3) is 6.08 Å². The molecule has 1 aromatic heterocycles. The highest BCUT2D eigenvalue weighted by Crippen LogP contribution is 2.37. The van der Waals surface area contributed by atoms with Gasteiger partial charge in [-0.3, -0.25) is 14.6 Å². The predicted octanol–water partition coefficient (Wildman–Crippen LogP) is 7.26. The number of benzene rings is 3. The first kappa shape index (κ1) is 31.4. The number of hydrogen-bond acceptors (Lipinski definition) is 5. The molecule has 4 aromatic rings. The maximum absolute atomic E-state index is 14.2. The second-order valence-corrected chi connectivity index (χ2v) is 11.2. The molecule has 0 saturated carbocycles. The summed E-state index contributed by atoms with van der Waals surface area (Å²) in [5.74, 6) is 0.201. The summed E-state index contributed by atoms with van der Waals surface area (Å²) in [6.07, 6.45) is 7.93. The van der Waals surface area contributed by atoms with Crippen molar-refractivity contribution in [3.8, 4) is 0 Å². The Morgan fingerprint density at radius 3 is 2.07 bits per heavy atom. The van der Waals surface area contributed by atoms with Gasteiger partial charge in [0.1, 0.15) is 11.5 Å². The molecule has 5 rings (SSSR count). The van der Waals surface area contributed by atoms with Crippen molar-refractivity contribution in [1.29, 1.82) is 0 Å². The van der Waals surface area contributed by atoms with E-state index < -0.39 is 6.04 Å². The van der Waals surface area contributed by atoms with Gasteiger partial charge in [0.2, 0.25) is 0 Å². The number of carbonyl (C=O) groups is 3. The number of aromatic nitrogens is 2. The van der Waals surface area contributed by atoms with Gasteiger partial charge < -0.3 is 9.30 Å². The molecule has 0 aliphatic carbocycles. The largest absolute Gasteiger partial charge is 0.465 e. The number of rotatable bonds is 13. The van der Waals surface area contributed by atoms with Crippen LogP contribution < -0.4 is 0 Å². The zero-order chi connectivity index (χ0) is 31.8. The summed E-state index contributed by atoms with van der Waals surface area (Å²) in [4.78, 5) is 48.1. The molecule has 1 fully saturated rings. The van der Waals surface area contributed by atoms with Crippen molar-refractivity contribution in [2.45, 2.75) is 58.5 Å². The Bertz CT molecular complexity index is 1610. The topological polar surface area (TPSA) is 84.7 Å². The van der Waals surface area contributed by atoms with Crippen LogP contribution in [-0.2, 0) is 22.5 Å². The second-order valence-electron chi connectivity index (χ2n) is 11.2. The molecule has 0 radical (unpaired) electrons. The van der Waals surface area contributed by atoms with Crippen molar-refractivity contribution in [2.24, 2.45) is 0 Å². The Morgan fingerprint density at radius 1 is 0.867 bits per heavy atom. The number of urea groups is 1. The number of aryl methyl sites for hydroxylation is 1. The molecule has 3 amide bonds. The molecule has 8 heteroatoms. The number of esters is 1. The summed E-state index contributed by atoms with van der Waals surface area (Å²) in [5.41, 5.74) is 4.33. The molecule has 0 N–H and O–H groups in total. The molecule has 0 spiro atoms. The van der Waals surface area contributed by atoms with E-state index in [4.69, 9.17) is 9.72 Å². The molecule has 1 aliphatic rings. The van der Waals surface area contributed by atoms with Crippen LogP contribution in [0.5, 0.6) is 0 Å². The number of ether oxygens (including phenoxy) is 1. The Labute approximate surface area is 265 Å². The monoisotopic (exact) mass is 604 g/mol.